The maximum atomic E-state index is 8.92. The van der Waals surface area contributed by atoms with Crippen LogP contribution in [0.1, 0.15) is 52.9 Å². The number of rotatable bonds is 7. The van der Waals surface area contributed by atoms with Gasteiger partial charge in [0.1, 0.15) is 0 Å². The molecule has 15 heavy (non-hydrogen) atoms. The fraction of sp³-hybridized carbons (Fsp3) is 0.818. The monoisotopic (exact) mass is 214 g/mol. The van der Waals surface area contributed by atoms with Gasteiger partial charge in [-0.05, 0) is 19.3 Å². The quantitative estimate of drug-likeness (QED) is 0.388. The minimum absolute atomic E-state index is 0.0140. The molecule has 0 aromatic rings. The van der Waals surface area contributed by atoms with Crippen molar-refractivity contribution in [3.63, 3.8) is 0 Å². The van der Waals surface area contributed by atoms with Crippen LogP contribution in [-0.4, -0.2) is 21.8 Å². The van der Waals surface area contributed by atoms with Gasteiger partial charge in [-0.2, -0.15) is 0 Å². The third-order valence-electron chi connectivity index (χ3n) is 2.48. The highest BCUT2D eigenvalue weighted by Crippen LogP contribution is 2.15. The van der Waals surface area contributed by atoms with E-state index in [9.17, 15) is 0 Å². The molecule has 2 N–H and O–H groups in total. The van der Waals surface area contributed by atoms with Gasteiger partial charge in [0.05, 0.1) is 11.4 Å². The second-order valence-electron chi connectivity index (χ2n) is 3.64. The lowest BCUT2D eigenvalue weighted by molar-refractivity contribution is 0.309. The zero-order chi connectivity index (χ0) is 11.7. The minimum Gasteiger partial charge on any atom is -0.411 e. The molecule has 0 aromatic carbocycles. The van der Waals surface area contributed by atoms with Crippen LogP contribution in [0.4, 0.5) is 0 Å². The van der Waals surface area contributed by atoms with Crippen LogP contribution in [0.3, 0.4) is 0 Å². The number of oxime groups is 2. The van der Waals surface area contributed by atoms with E-state index in [0.717, 1.165) is 43.5 Å². The van der Waals surface area contributed by atoms with Crippen molar-refractivity contribution in [1.82, 2.24) is 0 Å². The van der Waals surface area contributed by atoms with Crippen LogP contribution < -0.4 is 0 Å². The molecule has 0 rings (SSSR count). The summed E-state index contributed by atoms with van der Waals surface area (Å²) < 4.78 is 0. The summed E-state index contributed by atoms with van der Waals surface area (Å²) in [6.45, 7) is 6.08. The van der Waals surface area contributed by atoms with Crippen LogP contribution in [-0.2, 0) is 0 Å². The summed E-state index contributed by atoms with van der Waals surface area (Å²) in [5, 5.41) is 24.5. The molecule has 0 heterocycles. The first-order valence-corrected chi connectivity index (χ1v) is 5.66. The fourth-order valence-corrected chi connectivity index (χ4v) is 1.76. The van der Waals surface area contributed by atoms with E-state index in [2.05, 4.69) is 10.3 Å². The Morgan fingerprint density at radius 2 is 1.33 bits per heavy atom. The minimum atomic E-state index is -0.0140. The van der Waals surface area contributed by atoms with Gasteiger partial charge in [-0.25, -0.2) is 0 Å². The van der Waals surface area contributed by atoms with Gasteiger partial charge in [-0.1, -0.05) is 43.9 Å². The average Bonchev–Trinajstić information content (AvgIpc) is 2.27. The summed E-state index contributed by atoms with van der Waals surface area (Å²) >= 11 is 0. The number of hydrogen-bond donors (Lipinski definition) is 2. The largest absolute Gasteiger partial charge is 0.411 e. The van der Waals surface area contributed by atoms with Crippen molar-refractivity contribution >= 4 is 11.4 Å². The third-order valence-corrected chi connectivity index (χ3v) is 2.48. The van der Waals surface area contributed by atoms with Crippen LogP contribution in [0.15, 0.2) is 10.3 Å². The van der Waals surface area contributed by atoms with Crippen molar-refractivity contribution in [3.8, 4) is 0 Å². The van der Waals surface area contributed by atoms with Crippen molar-refractivity contribution < 1.29 is 10.4 Å². The average molecular weight is 214 g/mol. The Kier molecular flexibility index (Phi) is 7.68. The van der Waals surface area contributed by atoms with Crippen molar-refractivity contribution in [2.75, 3.05) is 0 Å². The Bertz CT molecular complexity index is 203. The molecule has 0 unspecified atom stereocenters. The summed E-state index contributed by atoms with van der Waals surface area (Å²) in [7, 11) is 0. The standard InChI is InChI=1S/C11H22N2O2/c1-4-7-10(12-14)9(6-3)11(13-15)8-5-2/h9,14-15H,4-8H2,1-3H3. The van der Waals surface area contributed by atoms with E-state index in [-0.39, 0.29) is 5.92 Å². The molecule has 0 saturated heterocycles. The van der Waals surface area contributed by atoms with Gasteiger partial charge in [0.25, 0.3) is 0 Å². The lowest BCUT2D eigenvalue weighted by atomic mass is 9.90. The first-order valence-electron chi connectivity index (χ1n) is 5.66. The van der Waals surface area contributed by atoms with Gasteiger partial charge >= 0.3 is 0 Å². The van der Waals surface area contributed by atoms with E-state index in [1.165, 1.54) is 0 Å². The molecule has 4 nitrogen and oxygen atoms in total. The molecule has 0 aliphatic rings. The normalized spacial score (nSPS) is 15.4. The van der Waals surface area contributed by atoms with Gasteiger partial charge in [0.2, 0.25) is 0 Å². The zero-order valence-corrected chi connectivity index (χ0v) is 9.90. The molecule has 0 atom stereocenters. The van der Waals surface area contributed by atoms with Crippen molar-refractivity contribution in [1.29, 1.82) is 0 Å². The van der Waals surface area contributed by atoms with Crippen LogP contribution in [0.2, 0.25) is 0 Å². The van der Waals surface area contributed by atoms with Crippen LogP contribution in [0.5, 0.6) is 0 Å². The lowest BCUT2D eigenvalue weighted by Gasteiger charge is -2.16. The van der Waals surface area contributed by atoms with Gasteiger partial charge in [-0.15, -0.1) is 0 Å². The molecule has 0 bridgehead atoms. The maximum Gasteiger partial charge on any atom is 0.0658 e. The Labute approximate surface area is 91.7 Å². The summed E-state index contributed by atoms with van der Waals surface area (Å²) in [5.74, 6) is -0.0140. The number of nitrogens with zero attached hydrogens (tertiary/aromatic N) is 2. The second kappa shape index (κ2) is 8.26. The third kappa shape index (κ3) is 4.32. The summed E-state index contributed by atoms with van der Waals surface area (Å²) in [5.41, 5.74) is 1.45. The molecular formula is C11H22N2O2. The molecular weight excluding hydrogens is 192 g/mol. The summed E-state index contributed by atoms with van der Waals surface area (Å²) in [4.78, 5) is 0. The summed E-state index contributed by atoms with van der Waals surface area (Å²) in [6, 6.07) is 0. The van der Waals surface area contributed by atoms with Crippen LogP contribution >= 0.6 is 0 Å². The first-order chi connectivity index (χ1) is 7.24. The Morgan fingerprint density at radius 3 is 1.53 bits per heavy atom. The van der Waals surface area contributed by atoms with E-state index in [1.807, 2.05) is 20.8 Å². The zero-order valence-electron chi connectivity index (χ0n) is 9.90. The van der Waals surface area contributed by atoms with Crippen molar-refractivity contribution in [3.05, 3.63) is 0 Å². The molecule has 0 spiro atoms. The molecule has 0 amide bonds. The highest BCUT2D eigenvalue weighted by molar-refractivity contribution is 6.07. The van der Waals surface area contributed by atoms with E-state index >= 15 is 0 Å². The molecule has 0 radical (unpaired) electrons. The maximum absolute atomic E-state index is 8.92. The highest BCUT2D eigenvalue weighted by atomic mass is 16.4. The van der Waals surface area contributed by atoms with Crippen LogP contribution in [0.25, 0.3) is 0 Å². The van der Waals surface area contributed by atoms with Crippen molar-refractivity contribution in [2.24, 2.45) is 16.2 Å². The molecule has 0 saturated carbocycles. The molecule has 0 aliphatic heterocycles. The van der Waals surface area contributed by atoms with Gasteiger partial charge in [0, 0.05) is 5.92 Å². The van der Waals surface area contributed by atoms with Gasteiger partial charge < -0.3 is 10.4 Å². The summed E-state index contributed by atoms with van der Waals surface area (Å²) in [6.07, 6.45) is 4.16. The predicted molar refractivity (Wildman–Crippen MR) is 62.0 cm³/mol. The topological polar surface area (TPSA) is 65.2 Å². The molecule has 0 fully saturated rings. The fourth-order valence-electron chi connectivity index (χ4n) is 1.76. The van der Waals surface area contributed by atoms with Crippen molar-refractivity contribution in [2.45, 2.75) is 52.9 Å². The van der Waals surface area contributed by atoms with Gasteiger partial charge in [0.15, 0.2) is 0 Å². The Morgan fingerprint density at radius 1 is 0.933 bits per heavy atom. The second-order valence-corrected chi connectivity index (χ2v) is 3.64. The Balaban J connectivity index is 4.70. The predicted octanol–water partition coefficient (Wildman–Crippen LogP) is 3.27. The van der Waals surface area contributed by atoms with E-state index in [0.29, 0.717) is 0 Å². The van der Waals surface area contributed by atoms with E-state index < -0.39 is 0 Å². The van der Waals surface area contributed by atoms with E-state index in [1.54, 1.807) is 0 Å². The lowest BCUT2D eigenvalue weighted by Crippen LogP contribution is -2.23. The molecule has 0 aromatic heterocycles. The first kappa shape index (κ1) is 13.9. The van der Waals surface area contributed by atoms with E-state index in [4.69, 9.17) is 10.4 Å². The SMILES string of the molecule is CCCC(=NO)C(CC)C(CCC)=NO. The molecule has 0 aliphatic carbocycles. The smallest absolute Gasteiger partial charge is 0.0658 e. The highest BCUT2D eigenvalue weighted by Gasteiger charge is 2.20. The van der Waals surface area contributed by atoms with Crippen LogP contribution in [0, 0.1) is 5.92 Å². The molecule has 88 valence electrons. The number of hydrogen-bond acceptors (Lipinski definition) is 4. The van der Waals surface area contributed by atoms with Gasteiger partial charge in [-0.3, -0.25) is 0 Å². The molecule has 4 heteroatoms. The Hall–Kier alpha value is -1.06.